The summed E-state index contributed by atoms with van der Waals surface area (Å²) in [7, 11) is 0. The van der Waals surface area contributed by atoms with Gasteiger partial charge in [-0.2, -0.15) is 0 Å². The molecule has 2 heterocycles. The van der Waals surface area contributed by atoms with Crippen LogP contribution < -0.4 is 10.1 Å². The Morgan fingerprint density at radius 3 is 2.75 bits per heavy atom. The van der Waals surface area contributed by atoms with E-state index in [1.54, 1.807) is 36.9 Å². The number of carbonyl (C=O) groups is 3. The minimum Gasteiger partial charge on any atom is -0.491 e. The Morgan fingerprint density at radius 1 is 1.32 bits per heavy atom. The number of rotatable bonds is 7. The Kier molecular flexibility index (Phi) is 5.86. The van der Waals surface area contributed by atoms with Crippen molar-refractivity contribution in [3.8, 4) is 5.75 Å². The number of carbonyl (C=O) groups excluding carboxylic acids is 3. The van der Waals surface area contributed by atoms with E-state index in [1.165, 1.54) is 6.07 Å². The third-order valence-corrected chi connectivity index (χ3v) is 5.25. The first-order chi connectivity index (χ1) is 13.3. The molecule has 1 aromatic carbocycles. The van der Waals surface area contributed by atoms with Crippen molar-refractivity contribution in [3.05, 3.63) is 30.1 Å². The van der Waals surface area contributed by atoms with Gasteiger partial charge in [0.1, 0.15) is 5.54 Å². The van der Waals surface area contributed by atoms with Crippen LogP contribution in [0.1, 0.15) is 33.1 Å². The maximum absolute atomic E-state index is 13.5. The van der Waals surface area contributed by atoms with Crippen molar-refractivity contribution >= 4 is 17.8 Å². The Hall–Kier alpha value is -2.64. The van der Waals surface area contributed by atoms with Crippen molar-refractivity contribution in [3.63, 3.8) is 0 Å². The monoisotopic (exact) mass is 391 g/mol. The van der Waals surface area contributed by atoms with Gasteiger partial charge >= 0.3 is 6.03 Å². The van der Waals surface area contributed by atoms with E-state index >= 15 is 0 Å². The van der Waals surface area contributed by atoms with E-state index in [1.807, 2.05) is 0 Å². The summed E-state index contributed by atoms with van der Waals surface area (Å²) < 4.78 is 19.0. The second kappa shape index (κ2) is 8.16. The molecule has 1 atom stereocenters. The van der Waals surface area contributed by atoms with Gasteiger partial charge in [-0.15, -0.1) is 0 Å². The van der Waals surface area contributed by atoms with Crippen molar-refractivity contribution in [1.29, 1.82) is 0 Å². The second-order valence-electron chi connectivity index (χ2n) is 7.82. The lowest BCUT2D eigenvalue weighted by Crippen LogP contribution is -2.41. The number of imide groups is 1. The van der Waals surface area contributed by atoms with E-state index in [0.29, 0.717) is 25.6 Å². The van der Waals surface area contributed by atoms with Crippen LogP contribution in [0.15, 0.2) is 24.3 Å². The molecule has 1 aromatic rings. The first-order valence-electron chi connectivity index (χ1n) is 9.57. The zero-order valence-corrected chi connectivity index (χ0v) is 16.2. The molecule has 0 saturated carbocycles. The summed E-state index contributed by atoms with van der Waals surface area (Å²) in [6.07, 6.45) is 1.72. The van der Waals surface area contributed by atoms with Crippen molar-refractivity contribution < 1.29 is 23.5 Å². The predicted octanol–water partition coefficient (Wildman–Crippen LogP) is 2.16. The Labute approximate surface area is 163 Å². The summed E-state index contributed by atoms with van der Waals surface area (Å²) in [4.78, 5) is 39.3. The van der Waals surface area contributed by atoms with Gasteiger partial charge in [0.05, 0.1) is 6.61 Å². The van der Waals surface area contributed by atoms with Crippen LogP contribution in [-0.4, -0.2) is 59.4 Å². The molecule has 0 radical (unpaired) electrons. The largest absolute Gasteiger partial charge is 0.491 e. The molecule has 7 nitrogen and oxygen atoms in total. The Morgan fingerprint density at radius 2 is 2.07 bits per heavy atom. The molecule has 2 saturated heterocycles. The lowest BCUT2D eigenvalue weighted by atomic mass is 10.1. The quantitative estimate of drug-likeness (QED) is 0.723. The number of benzene rings is 1. The first-order valence-corrected chi connectivity index (χ1v) is 9.57. The molecule has 0 aliphatic carbocycles. The highest BCUT2D eigenvalue weighted by atomic mass is 19.1. The smallest absolute Gasteiger partial charge is 0.325 e. The van der Waals surface area contributed by atoms with Gasteiger partial charge in [0.25, 0.3) is 5.91 Å². The van der Waals surface area contributed by atoms with Gasteiger partial charge in [0.2, 0.25) is 5.91 Å². The Balaban J connectivity index is 1.40. The average molecular weight is 391 g/mol. The molecule has 1 unspecified atom stereocenters. The van der Waals surface area contributed by atoms with Crippen LogP contribution >= 0.6 is 0 Å². The van der Waals surface area contributed by atoms with Gasteiger partial charge in [-0.25, -0.2) is 9.18 Å². The summed E-state index contributed by atoms with van der Waals surface area (Å²) in [5.74, 6) is -0.219. The number of hydrogen-bond acceptors (Lipinski definition) is 4. The zero-order valence-electron chi connectivity index (χ0n) is 16.2. The average Bonchev–Trinajstić information content (AvgIpc) is 3.18. The van der Waals surface area contributed by atoms with Crippen LogP contribution in [0.2, 0.25) is 0 Å². The number of amides is 4. The number of nitrogens with zero attached hydrogens (tertiary/aromatic N) is 2. The van der Waals surface area contributed by atoms with Crippen LogP contribution in [0.4, 0.5) is 9.18 Å². The summed E-state index contributed by atoms with van der Waals surface area (Å²) in [6.45, 7) is 5.03. The number of likely N-dealkylation sites (tertiary alicyclic amines) is 1. The van der Waals surface area contributed by atoms with Gasteiger partial charge in [0, 0.05) is 26.1 Å². The molecule has 0 spiro atoms. The first kappa shape index (κ1) is 20.1. The molecule has 0 bridgehead atoms. The van der Waals surface area contributed by atoms with Gasteiger partial charge < -0.3 is 15.0 Å². The summed E-state index contributed by atoms with van der Waals surface area (Å²) >= 11 is 0. The molecule has 2 aliphatic heterocycles. The van der Waals surface area contributed by atoms with Gasteiger partial charge in [-0.3, -0.25) is 14.5 Å². The van der Waals surface area contributed by atoms with Crippen LogP contribution in [0.3, 0.4) is 0 Å². The fourth-order valence-corrected chi connectivity index (χ4v) is 3.58. The topological polar surface area (TPSA) is 79.0 Å². The minimum absolute atomic E-state index is 0.0668. The van der Waals surface area contributed by atoms with Crippen LogP contribution in [0.5, 0.6) is 5.75 Å². The fourth-order valence-electron chi connectivity index (χ4n) is 3.58. The molecule has 1 N–H and O–H groups in total. The molecule has 28 heavy (non-hydrogen) atoms. The van der Waals surface area contributed by atoms with Crippen molar-refractivity contribution in [2.75, 3.05) is 26.2 Å². The second-order valence-corrected chi connectivity index (χ2v) is 7.82. The van der Waals surface area contributed by atoms with E-state index in [9.17, 15) is 18.8 Å². The van der Waals surface area contributed by atoms with Crippen molar-refractivity contribution in [2.24, 2.45) is 5.92 Å². The van der Waals surface area contributed by atoms with E-state index in [2.05, 4.69) is 5.32 Å². The number of halogens is 1. The Bertz CT molecular complexity index is 768. The molecule has 4 amide bonds. The third kappa shape index (κ3) is 4.43. The number of nitrogens with one attached hydrogen (secondary N) is 1. The van der Waals surface area contributed by atoms with Crippen LogP contribution in [0.25, 0.3) is 0 Å². The maximum atomic E-state index is 13.5. The van der Waals surface area contributed by atoms with Gasteiger partial charge in [0.15, 0.2) is 11.6 Å². The molecule has 3 rings (SSSR count). The fraction of sp³-hybridized carbons (Fsp3) is 0.550. The molecule has 2 aliphatic rings. The molecular formula is C20H26FN3O4. The number of hydrogen-bond donors (Lipinski definition) is 1. The summed E-state index contributed by atoms with van der Waals surface area (Å²) in [5, 5.41) is 2.61. The highest BCUT2D eigenvalue weighted by molar-refractivity contribution is 6.06. The lowest BCUT2D eigenvalue weighted by molar-refractivity contribution is -0.132. The van der Waals surface area contributed by atoms with Gasteiger partial charge in [-0.1, -0.05) is 12.1 Å². The van der Waals surface area contributed by atoms with Crippen molar-refractivity contribution in [2.45, 2.75) is 38.6 Å². The molecule has 2 fully saturated rings. The predicted molar refractivity (Wildman–Crippen MR) is 100 cm³/mol. The van der Waals surface area contributed by atoms with Crippen molar-refractivity contribution in [1.82, 2.24) is 15.1 Å². The molecule has 8 heteroatoms. The standard InChI is InChI=1S/C20H26FN3O4/c1-20(2)18(26)24(19(27)22-20)11-8-17(25)23-10-7-14(13-23)9-12-28-16-6-4-3-5-15(16)21/h3-6,14H,7-13H2,1-2H3,(H,22,27). The third-order valence-electron chi connectivity index (χ3n) is 5.25. The zero-order chi connectivity index (χ0) is 20.3. The van der Waals surface area contributed by atoms with Crippen LogP contribution in [0, 0.1) is 11.7 Å². The van der Waals surface area contributed by atoms with Gasteiger partial charge in [-0.05, 0) is 44.7 Å². The molecule has 0 aromatic heterocycles. The maximum Gasteiger partial charge on any atom is 0.325 e. The van der Waals surface area contributed by atoms with Crippen LogP contribution in [-0.2, 0) is 9.59 Å². The highest BCUT2D eigenvalue weighted by Crippen LogP contribution is 2.23. The normalized spacial score (nSPS) is 21.2. The molecule has 152 valence electrons. The number of urea groups is 1. The van der Waals surface area contributed by atoms with E-state index in [4.69, 9.17) is 4.74 Å². The van der Waals surface area contributed by atoms with E-state index < -0.39 is 11.6 Å². The highest BCUT2D eigenvalue weighted by Gasteiger charge is 2.44. The minimum atomic E-state index is -0.920. The summed E-state index contributed by atoms with van der Waals surface area (Å²) in [5.41, 5.74) is -0.920. The van der Waals surface area contributed by atoms with E-state index in [-0.39, 0.29) is 36.3 Å². The SMILES string of the molecule is CC1(C)NC(=O)N(CCC(=O)N2CCC(CCOc3ccccc3F)C2)C1=O. The number of ether oxygens (including phenoxy) is 1. The molecular weight excluding hydrogens is 365 g/mol. The van der Waals surface area contributed by atoms with E-state index in [0.717, 1.165) is 17.7 Å². The lowest BCUT2D eigenvalue weighted by Gasteiger charge is -2.19. The number of para-hydroxylation sites is 1. The summed E-state index contributed by atoms with van der Waals surface area (Å²) in [6, 6.07) is 5.84.